The van der Waals surface area contributed by atoms with Gasteiger partial charge >= 0.3 is 0 Å². The third kappa shape index (κ3) is 2.93. The van der Waals surface area contributed by atoms with E-state index >= 15 is 0 Å². The lowest BCUT2D eigenvalue weighted by atomic mass is 10.0. The molecule has 2 aromatic rings. The summed E-state index contributed by atoms with van der Waals surface area (Å²) in [6.07, 6.45) is 0. The van der Waals surface area contributed by atoms with Crippen molar-refractivity contribution >= 4 is 11.6 Å². The third-order valence-corrected chi connectivity index (χ3v) is 3.83. The maximum Gasteiger partial charge on any atom is 0.203 e. The van der Waals surface area contributed by atoms with Crippen molar-refractivity contribution in [3.05, 3.63) is 28.5 Å². The Kier molecular flexibility index (Phi) is 5.37. The summed E-state index contributed by atoms with van der Waals surface area (Å²) in [7, 11) is 6.46. The molecule has 0 radical (unpaired) electrons. The number of benzene rings is 1. The number of hydrogen-bond donors (Lipinski definition) is 2. The highest BCUT2D eigenvalue weighted by Crippen LogP contribution is 2.47. The molecule has 1 heterocycles. The van der Waals surface area contributed by atoms with Crippen LogP contribution in [0.1, 0.15) is 11.4 Å². The number of nitriles is 1. The van der Waals surface area contributed by atoms with Crippen molar-refractivity contribution < 1.29 is 14.2 Å². The van der Waals surface area contributed by atoms with E-state index in [0.29, 0.717) is 40.1 Å². The molecule has 0 saturated carbocycles. The number of halogens is 1. The second-order valence-electron chi connectivity index (χ2n) is 4.69. The summed E-state index contributed by atoms with van der Waals surface area (Å²) in [4.78, 5) is 3.03. The molecule has 1 aromatic carbocycles. The third-order valence-electron chi connectivity index (χ3n) is 3.46. The largest absolute Gasteiger partial charge is 0.493 e. The van der Waals surface area contributed by atoms with E-state index in [1.54, 1.807) is 20.3 Å². The number of aromatic amines is 1. The number of aromatic nitrogens is 1. The van der Waals surface area contributed by atoms with Crippen LogP contribution in [0.5, 0.6) is 17.2 Å². The van der Waals surface area contributed by atoms with Gasteiger partial charge in [-0.3, -0.25) is 0 Å². The van der Waals surface area contributed by atoms with E-state index in [1.165, 1.54) is 7.11 Å². The first-order chi connectivity index (χ1) is 11.1. The molecule has 0 fully saturated rings. The molecular formula is C16H18ClN3O3. The van der Waals surface area contributed by atoms with Gasteiger partial charge in [-0.05, 0) is 19.2 Å². The molecule has 0 aliphatic heterocycles. The number of methoxy groups -OCH3 is 3. The molecule has 7 heteroatoms. The average molecular weight is 336 g/mol. The lowest BCUT2D eigenvalue weighted by Gasteiger charge is -2.16. The molecule has 0 amide bonds. The molecule has 0 spiro atoms. The molecule has 0 aliphatic rings. The van der Waals surface area contributed by atoms with Gasteiger partial charge in [-0.15, -0.1) is 0 Å². The van der Waals surface area contributed by atoms with Gasteiger partial charge in [0.25, 0.3) is 0 Å². The monoisotopic (exact) mass is 335 g/mol. The minimum Gasteiger partial charge on any atom is -0.493 e. The number of H-pyrrole nitrogens is 1. The molecule has 23 heavy (non-hydrogen) atoms. The first-order valence-corrected chi connectivity index (χ1v) is 7.25. The smallest absolute Gasteiger partial charge is 0.203 e. The summed E-state index contributed by atoms with van der Waals surface area (Å²) in [5.74, 6) is 1.52. The Hall–Kier alpha value is -2.36. The van der Waals surface area contributed by atoms with Crippen LogP contribution in [0.4, 0.5) is 0 Å². The van der Waals surface area contributed by atoms with Crippen LogP contribution in [0.3, 0.4) is 0 Å². The molecule has 122 valence electrons. The van der Waals surface area contributed by atoms with Crippen LogP contribution in [-0.4, -0.2) is 33.4 Å². The highest BCUT2D eigenvalue weighted by molar-refractivity contribution is 6.34. The van der Waals surface area contributed by atoms with Crippen molar-refractivity contribution in [1.29, 1.82) is 5.26 Å². The van der Waals surface area contributed by atoms with Crippen molar-refractivity contribution in [3.8, 4) is 34.4 Å². The maximum absolute atomic E-state index is 9.22. The zero-order valence-corrected chi connectivity index (χ0v) is 14.2. The van der Waals surface area contributed by atoms with Gasteiger partial charge in [0.05, 0.1) is 26.4 Å². The Morgan fingerprint density at radius 3 is 2.39 bits per heavy atom. The quantitative estimate of drug-likeness (QED) is 0.848. The van der Waals surface area contributed by atoms with Gasteiger partial charge in [0.2, 0.25) is 5.75 Å². The predicted molar refractivity (Wildman–Crippen MR) is 88.4 cm³/mol. The second kappa shape index (κ2) is 7.27. The summed E-state index contributed by atoms with van der Waals surface area (Å²) in [6, 6.07) is 5.66. The van der Waals surface area contributed by atoms with Crippen molar-refractivity contribution in [2.75, 3.05) is 28.4 Å². The topological polar surface area (TPSA) is 79.3 Å². The fourth-order valence-electron chi connectivity index (χ4n) is 2.49. The number of nitrogens with one attached hydrogen (secondary N) is 2. The number of hydrogen-bond acceptors (Lipinski definition) is 5. The lowest BCUT2D eigenvalue weighted by molar-refractivity contribution is 0.325. The van der Waals surface area contributed by atoms with E-state index in [0.717, 1.165) is 11.3 Å². The summed E-state index contributed by atoms with van der Waals surface area (Å²) in [5, 5.41) is 12.6. The van der Waals surface area contributed by atoms with Crippen LogP contribution in [-0.2, 0) is 6.54 Å². The normalized spacial score (nSPS) is 10.3. The molecule has 0 atom stereocenters. The van der Waals surface area contributed by atoms with E-state index in [-0.39, 0.29) is 0 Å². The van der Waals surface area contributed by atoms with Gasteiger partial charge in [0.1, 0.15) is 11.8 Å². The predicted octanol–water partition coefficient (Wildman–Crippen LogP) is 2.95. The molecule has 2 N–H and O–H groups in total. The van der Waals surface area contributed by atoms with Gasteiger partial charge in [-0.25, -0.2) is 0 Å². The van der Waals surface area contributed by atoms with Crippen LogP contribution in [0, 0.1) is 11.3 Å². The molecule has 0 bridgehead atoms. The highest BCUT2D eigenvalue weighted by Gasteiger charge is 2.24. The van der Waals surface area contributed by atoms with Crippen molar-refractivity contribution in [2.45, 2.75) is 6.54 Å². The summed E-state index contributed by atoms with van der Waals surface area (Å²) in [5.41, 5.74) is 2.52. The first-order valence-electron chi connectivity index (χ1n) is 6.87. The van der Waals surface area contributed by atoms with E-state index in [1.807, 2.05) is 13.1 Å². The van der Waals surface area contributed by atoms with Crippen molar-refractivity contribution in [1.82, 2.24) is 10.3 Å². The van der Waals surface area contributed by atoms with E-state index in [2.05, 4.69) is 16.4 Å². The van der Waals surface area contributed by atoms with Gasteiger partial charge in [-0.2, -0.15) is 5.26 Å². The standard InChI is InChI=1S/C16H18ClN3O3/c1-19-8-11-13(14(17)10(7-18)20-11)9-5-6-12(21-2)16(23-4)15(9)22-3/h5-6,19-20H,8H2,1-4H3. The van der Waals surface area contributed by atoms with Crippen LogP contribution in [0.15, 0.2) is 12.1 Å². The van der Waals surface area contributed by atoms with Gasteiger partial charge in [0, 0.05) is 23.4 Å². The molecule has 2 rings (SSSR count). The molecule has 0 saturated heterocycles. The first kappa shape index (κ1) is 17.0. The number of ether oxygens (including phenoxy) is 3. The Bertz CT molecular complexity index is 750. The zero-order chi connectivity index (χ0) is 17.0. The van der Waals surface area contributed by atoms with Gasteiger partial charge < -0.3 is 24.5 Å². The Morgan fingerprint density at radius 1 is 1.17 bits per heavy atom. The fraction of sp³-hybridized carbons (Fsp3) is 0.312. The van der Waals surface area contributed by atoms with Crippen LogP contribution in [0.25, 0.3) is 11.1 Å². The van der Waals surface area contributed by atoms with Crippen LogP contribution in [0.2, 0.25) is 5.02 Å². The van der Waals surface area contributed by atoms with Gasteiger partial charge in [0.15, 0.2) is 11.5 Å². The van der Waals surface area contributed by atoms with Crippen molar-refractivity contribution in [3.63, 3.8) is 0 Å². The Morgan fingerprint density at radius 2 is 1.87 bits per heavy atom. The second-order valence-corrected chi connectivity index (χ2v) is 5.07. The Labute approximate surface area is 139 Å². The van der Waals surface area contributed by atoms with E-state index in [4.69, 9.17) is 25.8 Å². The lowest BCUT2D eigenvalue weighted by Crippen LogP contribution is -2.07. The highest BCUT2D eigenvalue weighted by atomic mass is 35.5. The number of rotatable bonds is 6. The average Bonchev–Trinajstić information content (AvgIpc) is 2.89. The van der Waals surface area contributed by atoms with Crippen LogP contribution < -0.4 is 19.5 Å². The minimum atomic E-state index is 0.309. The van der Waals surface area contributed by atoms with E-state index in [9.17, 15) is 5.26 Å². The zero-order valence-electron chi connectivity index (χ0n) is 13.4. The molecule has 6 nitrogen and oxygen atoms in total. The maximum atomic E-state index is 9.22. The van der Waals surface area contributed by atoms with E-state index < -0.39 is 0 Å². The molecule has 0 aliphatic carbocycles. The SMILES string of the molecule is CNCc1[nH]c(C#N)c(Cl)c1-c1ccc(OC)c(OC)c1OC. The molecule has 1 aromatic heterocycles. The fourth-order valence-corrected chi connectivity index (χ4v) is 2.80. The summed E-state index contributed by atoms with van der Waals surface area (Å²) >= 11 is 6.39. The molecular weight excluding hydrogens is 318 g/mol. The van der Waals surface area contributed by atoms with Crippen LogP contribution >= 0.6 is 11.6 Å². The number of nitrogens with zero attached hydrogens (tertiary/aromatic N) is 1. The Balaban J connectivity index is 2.76. The van der Waals surface area contributed by atoms with Gasteiger partial charge in [-0.1, -0.05) is 11.6 Å². The molecule has 0 unspecified atom stereocenters. The summed E-state index contributed by atoms with van der Waals surface area (Å²) < 4.78 is 16.2. The minimum absolute atomic E-state index is 0.309. The summed E-state index contributed by atoms with van der Waals surface area (Å²) in [6.45, 7) is 0.522. The van der Waals surface area contributed by atoms with Crippen molar-refractivity contribution in [2.24, 2.45) is 0 Å².